The van der Waals surface area contributed by atoms with Gasteiger partial charge in [0.1, 0.15) is 0 Å². The number of aliphatic carboxylic acids is 1. The van der Waals surface area contributed by atoms with Crippen LogP contribution in [-0.2, 0) is 4.79 Å². The van der Waals surface area contributed by atoms with Crippen molar-refractivity contribution in [3.63, 3.8) is 0 Å². The predicted octanol–water partition coefficient (Wildman–Crippen LogP) is 1.79. The van der Waals surface area contributed by atoms with Crippen LogP contribution in [0.3, 0.4) is 0 Å². The van der Waals surface area contributed by atoms with Crippen LogP contribution in [0.15, 0.2) is 0 Å². The van der Waals surface area contributed by atoms with Crippen LogP contribution in [0.5, 0.6) is 0 Å². The summed E-state index contributed by atoms with van der Waals surface area (Å²) in [5.41, 5.74) is 0. The first kappa shape index (κ1) is 34.3. The SMILES string of the molecule is CCCCCCCCCCCCCCCCCC(=O)[O-].O=C([O-])[O-].[Ca+2].[Mg+2]. The summed E-state index contributed by atoms with van der Waals surface area (Å²) < 4.78 is 0. The van der Waals surface area contributed by atoms with E-state index in [4.69, 9.17) is 15.0 Å². The van der Waals surface area contributed by atoms with Crippen LogP contribution in [0.1, 0.15) is 110 Å². The molecule has 0 rings (SSSR count). The molecule has 7 heteroatoms. The number of hydrogen-bond donors (Lipinski definition) is 0. The van der Waals surface area contributed by atoms with Crippen LogP contribution >= 0.6 is 0 Å². The zero-order valence-corrected chi connectivity index (χ0v) is 20.4. The van der Waals surface area contributed by atoms with Gasteiger partial charge in [-0.15, -0.1) is 0 Å². The number of unbranched alkanes of at least 4 members (excludes halogenated alkanes) is 14. The third-order valence-corrected chi connectivity index (χ3v) is 3.98. The van der Waals surface area contributed by atoms with Crippen LogP contribution < -0.4 is 15.3 Å². The van der Waals surface area contributed by atoms with Gasteiger partial charge in [-0.1, -0.05) is 96.8 Å². The summed E-state index contributed by atoms with van der Waals surface area (Å²) >= 11 is 0. The molecule has 0 aromatic heterocycles. The number of carbonyl (C=O) groups is 2. The third kappa shape index (κ3) is 44.3. The minimum atomic E-state index is -2.33. The molecule has 0 N–H and O–H groups in total. The topological polar surface area (TPSA) is 103 Å². The summed E-state index contributed by atoms with van der Waals surface area (Å²) in [4.78, 5) is 18.6. The molecular weight excluding hydrogens is 373 g/mol. The van der Waals surface area contributed by atoms with E-state index < -0.39 is 12.1 Å². The van der Waals surface area contributed by atoms with E-state index in [-0.39, 0.29) is 67.2 Å². The Kier molecular flexibility index (Phi) is 40.2. The van der Waals surface area contributed by atoms with Gasteiger partial charge in [0.15, 0.2) is 0 Å². The first-order valence-electron chi connectivity index (χ1n) is 9.58. The van der Waals surface area contributed by atoms with Gasteiger partial charge in [-0.3, -0.25) is 0 Å². The van der Waals surface area contributed by atoms with Crippen molar-refractivity contribution in [2.24, 2.45) is 0 Å². The summed E-state index contributed by atoms with van der Waals surface area (Å²) in [6.07, 6.45) is 17.5. The molecule has 5 nitrogen and oxygen atoms in total. The molecule has 0 saturated heterocycles. The first-order valence-corrected chi connectivity index (χ1v) is 9.58. The smallest absolute Gasteiger partial charge is 0.652 e. The molecule has 0 radical (unpaired) electrons. The van der Waals surface area contributed by atoms with Crippen molar-refractivity contribution in [2.45, 2.75) is 110 Å². The standard InChI is InChI=1S/C18H36O2.CH2O3.Ca.Mg/c1-2-3-4-5-6-7-8-9-10-11-12-13-14-15-16-17-18(19)20;2-1(3)4;;/h2-17H2,1H3,(H,19,20);(H2,2,3,4);;/q;;2*+2/p-3. The summed E-state index contributed by atoms with van der Waals surface area (Å²) in [5.74, 6) is -0.903. The quantitative estimate of drug-likeness (QED) is 0.286. The molecule has 0 aromatic rings. The molecule has 0 atom stereocenters. The number of hydrogen-bond acceptors (Lipinski definition) is 5. The van der Waals surface area contributed by atoms with Gasteiger partial charge in [0.05, 0.1) is 0 Å². The van der Waals surface area contributed by atoms with Crippen molar-refractivity contribution >= 4 is 72.9 Å². The normalized spacial score (nSPS) is 9.27. The minimum absolute atomic E-state index is 0. The van der Waals surface area contributed by atoms with Crippen molar-refractivity contribution in [3.8, 4) is 0 Å². The maximum absolute atomic E-state index is 10.2. The Balaban J connectivity index is -0.000000363. The van der Waals surface area contributed by atoms with Crippen LogP contribution in [0.2, 0.25) is 0 Å². The van der Waals surface area contributed by atoms with E-state index in [1.54, 1.807) is 0 Å². The van der Waals surface area contributed by atoms with Gasteiger partial charge in [-0.25, -0.2) is 0 Å². The fourth-order valence-electron chi connectivity index (χ4n) is 2.64. The van der Waals surface area contributed by atoms with Crippen LogP contribution in [-0.4, -0.2) is 72.9 Å². The molecule has 0 bridgehead atoms. The van der Waals surface area contributed by atoms with Crippen molar-refractivity contribution in [1.82, 2.24) is 0 Å². The molecule has 0 aliphatic carbocycles. The molecule has 26 heavy (non-hydrogen) atoms. The fourth-order valence-corrected chi connectivity index (χ4v) is 2.64. The molecule has 0 aromatic carbocycles. The Morgan fingerprint density at radius 2 is 0.808 bits per heavy atom. The predicted molar refractivity (Wildman–Crippen MR) is 101 cm³/mol. The molecule has 0 heterocycles. The van der Waals surface area contributed by atoms with E-state index in [2.05, 4.69) is 6.92 Å². The average Bonchev–Trinajstić information content (AvgIpc) is 2.50. The van der Waals surface area contributed by atoms with Crippen molar-refractivity contribution in [3.05, 3.63) is 0 Å². The Bertz CT molecular complexity index is 287. The summed E-state index contributed by atoms with van der Waals surface area (Å²) in [6, 6.07) is 0. The maximum Gasteiger partial charge on any atom is 2.00 e. The van der Waals surface area contributed by atoms with Crippen LogP contribution in [0, 0.1) is 0 Å². The molecule has 0 fully saturated rings. The van der Waals surface area contributed by atoms with E-state index in [0.29, 0.717) is 0 Å². The average molecular weight is 408 g/mol. The Morgan fingerprint density at radius 1 is 0.577 bits per heavy atom. The Labute approximate surface area is 205 Å². The van der Waals surface area contributed by atoms with Gasteiger partial charge < -0.3 is 24.9 Å². The van der Waals surface area contributed by atoms with E-state index >= 15 is 0 Å². The summed E-state index contributed by atoms with van der Waals surface area (Å²) in [5, 5.41) is 26.9. The molecule has 0 amide bonds. The van der Waals surface area contributed by atoms with E-state index in [1.807, 2.05) is 0 Å². The van der Waals surface area contributed by atoms with Gasteiger partial charge >= 0.3 is 60.8 Å². The van der Waals surface area contributed by atoms with Gasteiger partial charge in [0.25, 0.3) is 0 Å². The number of rotatable bonds is 16. The van der Waals surface area contributed by atoms with Crippen molar-refractivity contribution in [1.29, 1.82) is 0 Å². The van der Waals surface area contributed by atoms with Crippen molar-refractivity contribution < 1.29 is 24.9 Å². The first-order chi connectivity index (χ1) is 11.5. The fraction of sp³-hybridized carbons (Fsp3) is 0.895. The number of carboxylic acid groups (broad SMARTS) is 3. The molecule has 0 spiro atoms. The van der Waals surface area contributed by atoms with Crippen LogP contribution in [0.4, 0.5) is 4.79 Å². The Morgan fingerprint density at radius 3 is 1.04 bits per heavy atom. The third-order valence-electron chi connectivity index (χ3n) is 3.98. The van der Waals surface area contributed by atoms with Gasteiger partial charge in [0, 0.05) is 5.97 Å². The number of carbonyl (C=O) groups excluding carboxylic acids is 2. The van der Waals surface area contributed by atoms with E-state index in [0.717, 1.165) is 12.8 Å². The Hall–Kier alpha value is 0.766. The van der Waals surface area contributed by atoms with Gasteiger partial charge in [0.2, 0.25) is 0 Å². The molecule has 0 aliphatic heterocycles. The van der Waals surface area contributed by atoms with Gasteiger partial charge in [-0.2, -0.15) is 0 Å². The monoisotopic (exact) mass is 407 g/mol. The molecule has 144 valence electrons. The number of carboxylic acids is 1. The zero-order valence-electron chi connectivity index (χ0n) is 16.8. The van der Waals surface area contributed by atoms with Gasteiger partial charge in [-0.05, 0) is 19.0 Å². The largest absolute Gasteiger partial charge is 2.00 e. The summed E-state index contributed by atoms with van der Waals surface area (Å²) in [6.45, 7) is 2.27. The second-order valence-electron chi connectivity index (χ2n) is 6.32. The van der Waals surface area contributed by atoms with Crippen LogP contribution in [0.25, 0.3) is 0 Å². The van der Waals surface area contributed by atoms with E-state index in [1.165, 1.54) is 83.5 Å². The van der Waals surface area contributed by atoms with Crippen molar-refractivity contribution in [2.75, 3.05) is 0 Å². The van der Waals surface area contributed by atoms with E-state index in [9.17, 15) is 9.90 Å². The second-order valence-corrected chi connectivity index (χ2v) is 6.32. The molecule has 0 unspecified atom stereocenters. The zero-order chi connectivity index (χ0) is 18.5. The maximum atomic E-state index is 10.2. The minimum Gasteiger partial charge on any atom is -0.652 e. The molecule has 0 saturated carbocycles. The molecular formula is C19H35CaMgO5+. The second kappa shape index (κ2) is 30.5. The summed E-state index contributed by atoms with van der Waals surface area (Å²) in [7, 11) is 0. The molecule has 0 aliphatic rings.